The molecule has 0 saturated carbocycles. The van der Waals surface area contributed by atoms with Gasteiger partial charge in [-0.2, -0.15) is 0 Å². The lowest BCUT2D eigenvalue weighted by Crippen LogP contribution is -2.10. The highest BCUT2D eigenvalue weighted by molar-refractivity contribution is 5.79. The zero-order valence-corrected chi connectivity index (χ0v) is 9.49. The minimum atomic E-state index is 0.779. The molecule has 84 valence electrons. The Hall–Kier alpha value is -1.35. The molecule has 3 nitrogen and oxygen atoms in total. The summed E-state index contributed by atoms with van der Waals surface area (Å²) in [5, 5.41) is 8.51. The summed E-state index contributed by atoms with van der Waals surface area (Å²) < 4.78 is 5.29. The molecule has 1 aliphatic heterocycles. The number of hydrogen-bond donors (Lipinski definition) is 1. The molecule has 0 radical (unpaired) electrons. The van der Waals surface area contributed by atoms with Crippen molar-refractivity contribution in [3.05, 3.63) is 29.5 Å². The summed E-state index contributed by atoms with van der Waals surface area (Å²) in [5.74, 6) is 0.779. The zero-order valence-electron chi connectivity index (χ0n) is 9.49. The van der Waals surface area contributed by atoms with Gasteiger partial charge >= 0.3 is 0 Å². The molecule has 0 bridgehead atoms. The van der Waals surface area contributed by atoms with Crippen LogP contribution in [0.3, 0.4) is 0 Å². The van der Waals surface area contributed by atoms with Crippen molar-refractivity contribution >= 4 is 11.0 Å². The van der Waals surface area contributed by atoms with Crippen LogP contribution >= 0.6 is 0 Å². The van der Waals surface area contributed by atoms with Crippen LogP contribution in [0.25, 0.3) is 11.0 Å². The lowest BCUT2D eigenvalue weighted by atomic mass is 9.98. The quantitative estimate of drug-likeness (QED) is 0.837. The molecular weight excluding hydrogens is 200 g/mol. The largest absolute Gasteiger partial charge is 0.356 e. The van der Waals surface area contributed by atoms with Gasteiger partial charge in [0.2, 0.25) is 0 Å². The van der Waals surface area contributed by atoms with Gasteiger partial charge in [0.05, 0.1) is 5.69 Å². The van der Waals surface area contributed by atoms with Gasteiger partial charge in [0, 0.05) is 5.39 Å². The van der Waals surface area contributed by atoms with E-state index in [0.29, 0.717) is 0 Å². The third-order valence-corrected chi connectivity index (χ3v) is 3.40. The molecule has 1 aliphatic rings. The van der Waals surface area contributed by atoms with Crippen molar-refractivity contribution in [1.82, 2.24) is 10.5 Å². The van der Waals surface area contributed by atoms with Gasteiger partial charge in [0.15, 0.2) is 5.58 Å². The first-order valence-corrected chi connectivity index (χ1v) is 5.88. The molecule has 16 heavy (non-hydrogen) atoms. The highest BCUT2D eigenvalue weighted by Crippen LogP contribution is 2.22. The van der Waals surface area contributed by atoms with E-state index >= 15 is 0 Å². The van der Waals surface area contributed by atoms with Crippen molar-refractivity contribution in [3.63, 3.8) is 0 Å². The summed E-state index contributed by atoms with van der Waals surface area (Å²) in [5.41, 5.74) is 3.25. The number of aromatic nitrogens is 1. The summed E-state index contributed by atoms with van der Waals surface area (Å²) in [4.78, 5) is 0. The molecule has 1 atom stereocenters. The summed E-state index contributed by atoms with van der Waals surface area (Å²) in [6, 6.07) is 6.46. The fourth-order valence-electron chi connectivity index (χ4n) is 2.46. The van der Waals surface area contributed by atoms with Gasteiger partial charge in [0.1, 0.15) is 0 Å². The van der Waals surface area contributed by atoms with Crippen molar-refractivity contribution < 1.29 is 4.52 Å². The Morgan fingerprint density at radius 3 is 3.25 bits per heavy atom. The van der Waals surface area contributed by atoms with E-state index in [-0.39, 0.29) is 0 Å². The summed E-state index contributed by atoms with van der Waals surface area (Å²) >= 11 is 0. The maximum atomic E-state index is 5.29. The smallest absolute Gasteiger partial charge is 0.167 e. The molecule has 1 N–H and O–H groups in total. The third kappa shape index (κ3) is 1.71. The fraction of sp³-hybridized carbons (Fsp3) is 0.462. The number of nitrogens with zero attached hydrogens (tertiary/aromatic N) is 1. The third-order valence-electron chi connectivity index (χ3n) is 3.40. The van der Waals surface area contributed by atoms with Gasteiger partial charge in [0.25, 0.3) is 0 Å². The number of hydrogen-bond acceptors (Lipinski definition) is 3. The monoisotopic (exact) mass is 216 g/mol. The molecule has 1 fully saturated rings. The molecule has 3 heteroatoms. The summed E-state index contributed by atoms with van der Waals surface area (Å²) in [6.45, 7) is 4.29. The number of aryl methyl sites for hydroxylation is 1. The highest BCUT2D eigenvalue weighted by atomic mass is 16.5. The lowest BCUT2D eigenvalue weighted by Gasteiger charge is -2.07. The van der Waals surface area contributed by atoms with Gasteiger partial charge in [-0.3, -0.25) is 0 Å². The van der Waals surface area contributed by atoms with Gasteiger partial charge in [-0.25, -0.2) is 0 Å². The van der Waals surface area contributed by atoms with Crippen LogP contribution in [0.2, 0.25) is 0 Å². The SMILES string of the molecule is Cc1noc2cc(CC3CCNC3)ccc12. The summed E-state index contributed by atoms with van der Waals surface area (Å²) in [7, 11) is 0. The Bertz CT molecular complexity index is 498. The van der Waals surface area contributed by atoms with E-state index in [2.05, 4.69) is 28.7 Å². The predicted octanol–water partition coefficient (Wildman–Crippen LogP) is 2.29. The molecule has 1 aromatic carbocycles. The molecule has 2 heterocycles. The maximum Gasteiger partial charge on any atom is 0.167 e. The van der Waals surface area contributed by atoms with Crippen molar-refractivity contribution in [2.75, 3.05) is 13.1 Å². The fourth-order valence-corrected chi connectivity index (χ4v) is 2.46. The van der Waals surface area contributed by atoms with Crippen LogP contribution in [0.1, 0.15) is 17.7 Å². The Balaban J connectivity index is 1.87. The Labute approximate surface area is 94.8 Å². The van der Waals surface area contributed by atoms with Crippen molar-refractivity contribution in [1.29, 1.82) is 0 Å². The van der Waals surface area contributed by atoms with Gasteiger partial charge in [-0.1, -0.05) is 11.2 Å². The first-order valence-electron chi connectivity index (χ1n) is 5.88. The Morgan fingerprint density at radius 2 is 2.44 bits per heavy atom. The molecule has 1 aromatic heterocycles. The van der Waals surface area contributed by atoms with E-state index in [1.54, 1.807) is 0 Å². The minimum absolute atomic E-state index is 0.779. The average Bonchev–Trinajstić information content (AvgIpc) is 2.90. The van der Waals surface area contributed by atoms with E-state index in [1.165, 1.54) is 12.0 Å². The molecule has 3 rings (SSSR count). The number of benzene rings is 1. The van der Waals surface area contributed by atoms with E-state index in [0.717, 1.165) is 42.1 Å². The van der Waals surface area contributed by atoms with E-state index < -0.39 is 0 Å². The van der Waals surface area contributed by atoms with Crippen LogP contribution < -0.4 is 5.32 Å². The molecule has 2 aromatic rings. The van der Waals surface area contributed by atoms with Crippen LogP contribution in [0.4, 0.5) is 0 Å². The standard InChI is InChI=1S/C13H16N2O/c1-9-12-3-2-10(7-13(12)16-15-9)6-11-4-5-14-8-11/h2-3,7,11,14H,4-6,8H2,1H3. The second kappa shape index (κ2) is 3.91. The lowest BCUT2D eigenvalue weighted by molar-refractivity contribution is 0.450. The average molecular weight is 216 g/mol. The molecule has 0 amide bonds. The van der Waals surface area contributed by atoms with Gasteiger partial charge in [-0.15, -0.1) is 0 Å². The van der Waals surface area contributed by atoms with Crippen LogP contribution in [-0.4, -0.2) is 18.2 Å². The van der Waals surface area contributed by atoms with E-state index in [9.17, 15) is 0 Å². The van der Waals surface area contributed by atoms with Crippen LogP contribution in [0, 0.1) is 12.8 Å². The second-order valence-corrected chi connectivity index (χ2v) is 4.66. The Morgan fingerprint density at radius 1 is 1.50 bits per heavy atom. The van der Waals surface area contributed by atoms with Crippen molar-refractivity contribution in [2.24, 2.45) is 5.92 Å². The topological polar surface area (TPSA) is 38.1 Å². The predicted molar refractivity (Wildman–Crippen MR) is 63.4 cm³/mol. The molecule has 1 saturated heterocycles. The molecule has 0 spiro atoms. The van der Waals surface area contributed by atoms with Crippen LogP contribution in [-0.2, 0) is 6.42 Å². The maximum absolute atomic E-state index is 5.29. The number of fused-ring (bicyclic) bond motifs is 1. The normalized spacial score (nSPS) is 20.7. The number of nitrogens with one attached hydrogen (secondary N) is 1. The van der Waals surface area contributed by atoms with E-state index in [1.807, 2.05) is 6.92 Å². The highest BCUT2D eigenvalue weighted by Gasteiger charge is 2.15. The van der Waals surface area contributed by atoms with E-state index in [4.69, 9.17) is 4.52 Å². The Kier molecular flexibility index (Phi) is 2.40. The van der Waals surface area contributed by atoms with Crippen molar-refractivity contribution in [2.45, 2.75) is 19.8 Å². The van der Waals surface area contributed by atoms with Gasteiger partial charge < -0.3 is 9.84 Å². The van der Waals surface area contributed by atoms with Crippen molar-refractivity contribution in [3.8, 4) is 0 Å². The zero-order chi connectivity index (χ0) is 11.0. The molecular formula is C13H16N2O. The minimum Gasteiger partial charge on any atom is -0.356 e. The summed E-state index contributed by atoms with van der Waals surface area (Å²) in [6.07, 6.45) is 2.43. The number of rotatable bonds is 2. The second-order valence-electron chi connectivity index (χ2n) is 4.66. The molecule has 1 unspecified atom stereocenters. The first kappa shape index (κ1) is 9.85. The van der Waals surface area contributed by atoms with Crippen LogP contribution in [0.15, 0.2) is 22.7 Å². The first-order chi connectivity index (χ1) is 7.83. The molecule has 0 aliphatic carbocycles. The van der Waals surface area contributed by atoms with Gasteiger partial charge in [-0.05, 0) is 56.5 Å². The van der Waals surface area contributed by atoms with Crippen LogP contribution in [0.5, 0.6) is 0 Å².